The van der Waals surface area contributed by atoms with E-state index in [4.69, 9.17) is 5.73 Å². The molecule has 0 aromatic carbocycles. The average molecular weight is 263 g/mol. The van der Waals surface area contributed by atoms with Crippen LogP contribution in [0.5, 0.6) is 0 Å². The second-order valence-corrected chi connectivity index (χ2v) is 4.96. The Morgan fingerprint density at radius 3 is 2.95 bits per heavy atom. The molecule has 0 aliphatic rings. The number of carbonyl (C=O) groups is 1. The first kappa shape index (κ1) is 15.6. The third-order valence-electron chi connectivity index (χ3n) is 3.34. The Hall–Kier alpha value is -1.42. The minimum atomic E-state index is 0.0941. The molecule has 1 atom stereocenters. The Morgan fingerprint density at radius 2 is 2.26 bits per heavy atom. The van der Waals surface area contributed by atoms with Crippen molar-refractivity contribution in [2.24, 2.45) is 11.7 Å². The lowest BCUT2D eigenvalue weighted by atomic mass is 10.0. The van der Waals surface area contributed by atoms with Crippen LogP contribution >= 0.6 is 0 Å². The van der Waals surface area contributed by atoms with Gasteiger partial charge in [-0.2, -0.15) is 0 Å². The van der Waals surface area contributed by atoms with Crippen molar-refractivity contribution < 1.29 is 4.79 Å². The van der Waals surface area contributed by atoms with Crippen molar-refractivity contribution in [3.63, 3.8) is 0 Å². The van der Waals surface area contributed by atoms with Gasteiger partial charge in [-0.05, 0) is 43.4 Å². The van der Waals surface area contributed by atoms with E-state index in [1.54, 1.807) is 6.20 Å². The number of nitrogens with two attached hydrogens (primary N) is 1. The standard InChI is InChI=1S/C15H25N3O/c1-3-13-5-4-10-17-14(13)11-18-15(19)7-6-12(2)8-9-16/h4-5,10,12H,3,6-9,11,16H2,1-2H3,(H,18,19). The smallest absolute Gasteiger partial charge is 0.220 e. The van der Waals surface area contributed by atoms with Gasteiger partial charge in [-0.3, -0.25) is 9.78 Å². The van der Waals surface area contributed by atoms with Crippen molar-refractivity contribution >= 4 is 5.91 Å². The van der Waals surface area contributed by atoms with Gasteiger partial charge in [0.05, 0.1) is 12.2 Å². The summed E-state index contributed by atoms with van der Waals surface area (Å²) in [4.78, 5) is 16.1. The molecule has 1 unspecified atom stereocenters. The summed E-state index contributed by atoms with van der Waals surface area (Å²) < 4.78 is 0. The van der Waals surface area contributed by atoms with E-state index in [1.165, 1.54) is 5.56 Å². The molecule has 4 nitrogen and oxygen atoms in total. The van der Waals surface area contributed by atoms with Crippen LogP contribution in [0.25, 0.3) is 0 Å². The molecule has 0 saturated carbocycles. The number of pyridine rings is 1. The normalized spacial score (nSPS) is 12.2. The van der Waals surface area contributed by atoms with Crippen LogP contribution in [0.1, 0.15) is 44.4 Å². The van der Waals surface area contributed by atoms with Gasteiger partial charge in [-0.1, -0.05) is 19.9 Å². The number of nitrogens with one attached hydrogen (secondary N) is 1. The fourth-order valence-corrected chi connectivity index (χ4v) is 2.03. The van der Waals surface area contributed by atoms with Gasteiger partial charge in [0.1, 0.15) is 0 Å². The van der Waals surface area contributed by atoms with Crippen molar-refractivity contribution in [1.29, 1.82) is 0 Å². The Morgan fingerprint density at radius 1 is 1.47 bits per heavy atom. The summed E-state index contributed by atoms with van der Waals surface area (Å²) in [6.07, 6.45) is 5.14. The third kappa shape index (κ3) is 5.83. The first-order chi connectivity index (χ1) is 9.17. The number of nitrogens with zero attached hydrogens (tertiary/aromatic N) is 1. The van der Waals surface area contributed by atoms with E-state index in [2.05, 4.69) is 30.2 Å². The largest absolute Gasteiger partial charge is 0.350 e. The SMILES string of the molecule is CCc1cccnc1CNC(=O)CCC(C)CCN. The van der Waals surface area contributed by atoms with Gasteiger partial charge in [-0.15, -0.1) is 0 Å². The molecule has 0 radical (unpaired) electrons. The van der Waals surface area contributed by atoms with Crippen LogP contribution in [0.4, 0.5) is 0 Å². The minimum absolute atomic E-state index is 0.0941. The summed E-state index contributed by atoms with van der Waals surface area (Å²) in [5, 5.41) is 2.94. The highest BCUT2D eigenvalue weighted by Gasteiger charge is 2.07. The molecule has 0 aliphatic heterocycles. The van der Waals surface area contributed by atoms with Crippen LogP contribution in [-0.4, -0.2) is 17.4 Å². The van der Waals surface area contributed by atoms with Crippen LogP contribution in [0.2, 0.25) is 0 Å². The number of aryl methyl sites for hydroxylation is 1. The van der Waals surface area contributed by atoms with Gasteiger partial charge in [0.25, 0.3) is 0 Å². The molecule has 19 heavy (non-hydrogen) atoms. The summed E-state index contributed by atoms with van der Waals surface area (Å²) in [6.45, 7) is 5.44. The van der Waals surface area contributed by atoms with Crippen LogP contribution < -0.4 is 11.1 Å². The molecule has 0 saturated heterocycles. The summed E-state index contributed by atoms with van der Waals surface area (Å²) >= 11 is 0. The molecule has 0 aliphatic carbocycles. The van der Waals surface area contributed by atoms with Crippen LogP contribution in [0, 0.1) is 5.92 Å². The fraction of sp³-hybridized carbons (Fsp3) is 0.600. The van der Waals surface area contributed by atoms with Crippen molar-refractivity contribution in [1.82, 2.24) is 10.3 Å². The molecule has 0 bridgehead atoms. The Labute approximate surface area is 115 Å². The second kappa shape index (κ2) is 8.64. The zero-order chi connectivity index (χ0) is 14.1. The monoisotopic (exact) mass is 263 g/mol. The van der Waals surface area contributed by atoms with E-state index in [1.807, 2.05) is 6.07 Å². The predicted molar refractivity (Wildman–Crippen MR) is 77.5 cm³/mol. The Bertz CT molecular complexity index is 393. The molecule has 1 amide bonds. The van der Waals surface area contributed by atoms with Crippen molar-refractivity contribution in [2.75, 3.05) is 6.54 Å². The summed E-state index contributed by atoms with van der Waals surface area (Å²) in [7, 11) is 0. The molecule has 0 fully saturated rings. The highest BCUT2D eigenvalue weighted by atomic mass is 16.1. The summed E-state index contributed by atoms with van der Waals surface area (Å²) in [6, 6.07) is 3.98. The zero-order valence-corrected chi connectivity index (χ0v) is 12.0. The maximum absolute atomic E-state index is 11.8. The highest BCUT2D eigenvalue weighted by Crippen LogP contribution is 2.09. The van der Waals surface area contributed by atoms with Gasteiger partial charge in [0, 0.05) is 12.6 Å². The van der Waals surface area contributed by atoms with E-state index >= 15 is 0 Å². The molecular formula is C15H25N3O. The van der Waals surface area contributed by atoms with Crippen molar-refractivity contribution in [3.05, 3.63) is 29.6 Å². The van der Waals surface area contributed by atoms with E-state index in [9.17, 15) is 4.79 Å². The van der Waals surface area contributed by atoms with Gasteiger partial charge in [0.15, 0.2) is 0 Å². The maximum Gasteiger partial charge on any atom is 0.220 e. The number of hydrogen-bond acceptors (Lipinski definition) is 3. The molecule has 106 valence electrons. The van der Waals surface area contributed by atoms with Crippen LogP contribution in [-0.2, 0) is 17.8 Å². The summed E-state index contributed by atoms with van der Waals surface area (Å²) in [5.74, 6) is 0.605. The first-order valence-electron chi connectivity index (χ1n) is 7.06. The average Bonchev–Trinajstić information content (AvgIpc) is 2.43. The van der Waals surface area contributed by atoms with E-state index in [-0.39, 0.29) is 5.91 Å². The number of rotatable bonds is 8. The number of hydrogen-bond donors (Lipinski definition) is 2. The second-order valence-electron chi connectivity index (χ2n) is 4.96. The lowest BCUT2D eigenvalue weighted by Gasteiger charge is -2.11. The molecule has 4 heteroatoms. The molecular weight excluding hydrogens is 238 g/mol. The number of aromatic nitrogens is 1. The third-order valence-corrected chi connectivity index (χ3v) is 3.34. The molecule has 1 aromatic rings. The Kier molecular flexibility index (Phi) is 7.11. The molecule has 3 N–H and O–H groups in total. The maximum atomic E-state index is 11.8. The van der Waals surface area contributed by atoms with E-state index < -0.39 is 0 Å². The first-order valence-corrected chi connectivity index (χ1v) is 7.06. The molecule has 1 aromatic heterocycles. The lowest BCUT2D eigenvalue weighted by Crippen LogP contribution is -2.24. The number of carbonyl (C=O) groups excluding carboxylic acids is 1. The van der Waals surface area contributed by atoms with Gasteiger partial charge >= 0.3 is 0 Å². The topological polar surface area (TPSA) is 68.0 Å². The lowest BCUT2D eigenvalue weighted by molar-refractivity contribution is -0.121. The van der Waals surface area contributed by atoms with Gasteiger partial charge < -0.3 is 11.1 Å². The number of amides is 1. The molecule has 1 rings (SSSR count). The van der Waals surface area contributed by atoms with Crippen molar-refractivity contribution in [2.45, 2.75) is 46.1 Å². The quantitative estimate of drug-likeness (QED) is 0.754. The van der Waals surface area contributed by atoms with Crippen LogP contribution in [0.3, 0.4) is 0 Å². The molecule has 1 heterocycles. The molecule has 0 spiro atoms. The van der Waals surface area contributed by atoms with Gasteiger partial charge in [0.2, 0.25) is 5.91 Å². The van der Waals surface area contributed by atoms with E-state index in [0.29, 0.717) is 25.4 Å². The predicted octanol–water partition coefficient (Wildman–Crippen LogP) is 2.03. The zero-order valence-electron chi connectivity index (χ0n) is 12.0. The van der Waals surface area contributed by atoms with Gasteiger partial charge in [-0.25, -0.2) is 0 Å². The Balaban J connectivity index is 2.33. The highest BCUT2D eigenvalue weighted by molar-refractivity contribution is 5.75. The van der Waals surface area contributed by atoms with Crippen LogP contribution in [0.15, 0.2) is 18.3 Å². The fourth-order valence-electron chi connectivity index (χ4n) is 2.03. The van der Waals surface area contributed by atoms with E-state index in [0.717, 1.165) is 25.0 Å². The summed E-state index contributed by atoms with van der Waals surface area (Å²) in [5.41, 5.74) is 7.65. The van der Waals surface area contributed by atoms with Crippen molar-refractivity contribution in [3.8, 4) is 0 Å². The minimum Gasteiger partial charge on any atom is -0.350 e.